The van der Waals surface area contributed by atoms with E-state index in [2.05, 4.69) is 20.5 Å². The van der Waals surface area contributed by atoms with E-state index in [0.29, 0.717) is 25.6 Å². The molecule has 1 aromatic carbocycles. The molecule has 27 heavy (non-hydrogen) atoms. The summed E-state index contributed by atoms with van der Waals surface area (Å²) in [6.45, 7) is 4.62. The first-order chi connectivity index (χ1) is 13.0. The highest BCUT2D eigenvalue weighted by Gasteiger charge is 2.16. The summed E-state index contributed by atoms with van der Waals surface area (Å²) in [6.07, 6.45) is 1.44. The van der Waals surface area contributed by atoms with Crippen molar-refractivity contribution < 1.29 is 22.7 Å². The lowest BCUT2D eigenvalue weighted by Gasteiger charge is -2.26. The predicted octanol–water partition coefficient (Wildman–Crippen LogP) is 2.50. The van der Waals surface area contributed by atoms with Gasteiger partial charge < -0.3 is 15.4 Å². The molecule has 0 atom stereocenters. The molecule has 0 saturated carbocycles. The molecule has 6 nitrogen and oxygen atoms in total. The van der Waals surface area contributed by atoms with Gasteiger partial charge >= 0.3 is 0 Å². The van der Waals surface area contributed by atoms with Crippen molar-refractivity contribution in [2.45, 2.75) is 0 Å². The monoisotopic (exact) mass is 380 g/mol. The number of benzene rings is 1. The summed E-state index contributed by atoms with van der Waals surface area (Å²) in [5.74, 6) is -4.56. The average Bonchev–Trinajstić information content (AvgIpc) is 2.69. The normalized spacial score (nSPS) is 14.8. The Bertz CT molecular complexity index is 813. The molecule has 9 heteroatoms. The first-order valence-corrected chi connectivity index (χ1v) is 8.49. The topological polar surface area (TPSA) is 66.5 Å². The van der Waals surface area contributed by atoms with E-state index in [1.807, 2.05) is 0 Å². The summed E-state index contributed by atoms with van der Waals surface area (Å²) < 4.78 is 45.2. The molecule has 144 valence electrons. The summed E-state index contributed by atoms with van der Waals surface area (Å²) >= 11 is 0. The number of halogens is 3. The van der Waals surface area contributed by atoms with Gasteiger partial charge in [0.15, 0.2) is 17.5 Å². The maximum Gasteiger partial charge on any atom is 0.255 e. The molecule has 1 aliphatic rings. The first-order valence-electron chi connectivity index (χ1n) is 8.49. The standard InChI is InChI=1S/C18H19F3N4O2/c19-13-1-2-14(17(21)16(13)20)24-18(26)12-3-4-22-15(11-12)23-5-6-25-7-9-27-10-8-25/h1-4,11H,5-10H2,(H,22,23)(H,24,26). The number of morpholine rings is 1. The summed E-state index contributed by atoms with van der Waals surface area (Å²) in [4.78, 5) is 18.6. The third-order valence-electron chi connectivity index (χ3n) is 4.14. The van der Waals surface area contributed by atoms with Crippen LogP contribution in [0.4, 0.5) is 24.7 Å². The number of pyridine rings is 1. The molecule has 1 fully saturated rings. The Morgan fingerprint density at radius 1 is 1.15 bits per heavy atom. The molecule has 0 spiro atoms. The Hall–Kier alpha value is -2.65. The Morgan fingerprint density at radius 3 is 2.70 bits per heavy atom. The van der Waals surface area contributed by atoms with Gasteiger partial charge in [-0.25, -0.2) is 18.2 Å². The van der Waals surface area contributed by atoms with Crippen LogP contribution in [0.5, 0.6) is 0 Å². The Balaban J connectivity index is 1.59. The van der Waals surface area contributed by atoms with E-state index < -0.39 is 29.0 Å². The van der Waals surface area contributed by atoms with Crippen LogP contribution in [0.3, 0.4) is 0 Å². The smallest absolute Gasteiger partial charge is 0.255 e. The minimum atomic E-state index is -1.63. The molecule has 1 saturated heterocycles. The molecule has 1 aliphatic heterocycles. The number of anilines is 2. The number of hydrogen-bond acceptors (Lipinski definition) is 5. The Labute approximate surface area is 154 Å². The number of hydrogen-bond donors (Lipinski definition) is 2. The first kappa shape index (κ1) is 19.1. The number of carbonyl (C=O) groups excluding carboxylic acids is 1. The van der Waals surface area contributed by atoms with Crippen LogP contribution in [0.2, 0.25) is 0 Å². The third-order valence-corrected chi connectivity index (χ3v) is 4.14. The molecule has 0 unspecified atom stereocenters. The largest absolute Gasteiger partial charge is 0.379 e. The van der Waals surface area contributed by atoms with E-state index >= 15 is 0 Å². The number of rotatable bonds is 6. The second-order valence-electron chi connectivity index (χ2n) is 5.99. The van der Waals surface area contributed by atoms with Gasteiger partial charge in [0, 0.05) is 37.9 Å². The molecule has 3 rings (SSSR count). The molecule has 0 radical (unpaired) electrons. The Morgan fingerprint density at radius 2 is 1.93 bits per heavy atom. The molecule has 2 N–H and O–H groups in total. The molecular weight excluding hydrogens is 361 g/mol. The number of ether oxygens (including phenoxy) is 1. The molecular formula is C18H19F3N4O2. The summed E-state index contributed by atoms with van der Waals surface area (Å²) in [5, 5.41) is 5.35. The fraction of sp³-hybridized carbons (Fsp3) is 0.333. The number of amides is 1. The van der Waals surface area contributed by atoms with E-state index in [-0.39, 0.29) is 5.56 Å². The lowest BCUT2D eigenvalue weighted by molar-refractivity contribution is 0.0398. The fourth-order valence-corrected chi connectivity index (χ4v) is 2.65. The van der Waals surface area contributed by atoms with Crippen molar-refractivity contribution in [3.8, 4) is 0 Å². The minimum Gasteiger partial charge on any atom is -0.379 e. The minimum absolute atomic E-state index is 0.211. The summed E-state index contributed by atoms with van der Waals surface area (Å²) in [7, 11) is 0. The maximum atomic E-state index is 13.7. The highest BCUT2D eigenvalue weighted by atomic mass is 19.2. The molecule has 2 heterocycles. The molecule has 0 bridgehead atoms. The van der Waals surface area contributed by atoms with Gasteiger partial charge in [0.25, 0.3) is 5.91 Å². The SMILES string of the molecule is O=C(Nc1ccc(F)c(F)c1F)c1ccnc(NCCN2CCOCC2)c1. The van der Waals surface area contributed by atoms with Gasteiger partial charge in [-0.2, -0.15) is 0 Å². The molecule has 0 aliphatic carbocycles. The lowest BCUT2D eigenvalue weighted by Crippen LogP contribution is -2.39. The number of aromatic nitrogens is 1. The molecule has 1 aromatic heterocycles. The van der Waals surface area contributed by atoms with Crippen molar-refractivity contribution in [3.63, 3.8) is 0 Å². The molecule has 1 amide bonds. The van der Waals surface area contributed by atoms with Gasteiger partial charge in [0.2, 0.25) is 0 Å². The van der Waals surface area contributed by atoms with Crippen LogP contribution in [0.15, 0.2) is 30.5 Å². The predicted molar refractivity (Wildman–Crippen MR) is 94.3 cm³/mol. The van der Waals surface area contributed by atoms with Gasteiger partial charge in [0.05, 0.1) is 18.9 Å². The Kier molecular flexibility index (Phi) is 6.25. The van der Waals surface area contributed by atoms with E-state index in [1.165, 1.54) is 18.3 Å². The number of nitrogens with zero attached hydrogens (tertiary/aromatic N) is 2. The molecule has 2 aromatic rings. The van der Waals surface area contributed by atoms with Crippen LogP contribution in [0, 0.1) is 17.5 Å². The van der Waals surface area contributed by atoms with E-state index in [4.69, 9.17) is 4.74 Å². The van der Waals surface area contributed by atoms with Gasteiger partial charge in [-0.3, -0.25) is 9.69 Å². The fourth-order valence-electron chi connectivity index (χ4n) is 2.65. The second-order valence-corrected chi connectivity index (χ2v) is 5.99. The highest BCUT2D eigenvalue weighted by Crippen LogP contribution is 2.20. The third kappa shape index (κ3) is 4.95. The average molecular weight is 380 g/mol. The van der Waals surface area contributed by atoms with E-state index in [1.54, 1.807) is 0 Å². The maximum absolute atomic E-state index is 13.7. The van der Waals surface area contributed by atoms with Gasteiger partial charge in [-0.1, -0.05) is 0 Å². The van der Waals surface area contributed by atoms with Crippen LogP contribution >= 0.6 is 0 Å². The van der Waals surface area contributed by atoms with Crippen LogP contribution < -0.4 is 10.6 Å². The zero-order valence-electron chi connectivity index (χ0n) is 14.5. The number of carbonyl (C=O) groups is 1. The van der Waals surface area contributed by atoms with Crippen LogP contribution in [-0.2, 0) is 4.74 Å². The lowest BCUT2D eigenvalue weighted by atomic mass is 10.2. The number of nitrogens with one attached hydrogen (secondary N) is 2. The van der Waals surface area contributed by atoms with Crippen molar-refractivity contribution in [1.29, 1.82) is 0 Å². The summed E-state index contributed by atoms with van der Waals surface area (Å²) in [5.41, 5.74) is -0.222. The van der Waals surface area contributed by atoms with E-state index in [0.717, 1.165) is 31.8 Å². The van der Waals surface area contributed by atoms with Gasteiger partial charge in [-0.15, -0.1) is 0 Å². The summed E-state index contributed by atoms with van der Waals surface area (Å²) in [6, 6.07) is 4.67. The van der Waals surface area contributed by atoms with Crippen LogP contribution in [-0.4, -0.2) is 55.2 Å². The van der Waals surface area contributed by atoms with Crippen molar-refractivity contribution in [2.75, 3.05) is 50.0 Å². The van der Waals surface area contributed by atoms with Crippen molar-refractivity contribution in [1.82, 2.24) is 9.88 Å². The van der Waals surface area contributed by atoms with Crippen molar-refractivity contribution in [3.05, 3.63) is 53.5 Å². The van der Waals surface area contributed by atoms with Crippen LogP contribution in [0.1, 0.15) is 10.4 Å². The van der Waals surface area contributed by atoms with Gasteiger partial charge in [0.1, 0.15) is 5.82 Å². The van der Waals surface area contributed by atoms with Crippen LogP contribution in [0.25, 0.3) is 0 Å². The van der Waals surface area contributed by atoms with Crippen molar-refractivity contribution >= 4 is 17.4 Å². The van der Waals surface area contributed by atoms with E-state index in [9.17, 15) is 18.0 Å². The quantitative estimate of drug-likeness (QED) is 0.754. The van der Waals surface area contributed by atoms with Gasteiger partial charge in [-0.05, 0) is 24.3 Å². The van der Waals surface area contributed by atoms with Crippen molar-refractivity contribution in [2.24, 2.45) is 0 Å². The zero-order chi connectivity index (χ0) is 19.2. The second kappa shape index (κ2) is 8.83. The zero-order valence-corrected chi connectivity index (χ0v) is 14.5. The highest BCUT2D eigenvalue weighted by molar-refractivity contribution is 6.04.